The molecule has 3 saturated carbocycles. The molecule has 31 heavy (non-hydrogen) atoms. The lowest BCUT2D eigenvalue weighted by atomic mass is 9.47. The molecule has 0 bridgehead atoms. The van der Waals surface area contributed by atoms with E-state index in [0.717, 1.165) is 55.3 Å². The van der Waals surface area contributed by atoms with Gasteiger partial charge >= 0.3 is 0 Å². The van der Waals surface area contributed by atoms with Crippen LogP contribution in [0.2, 0.25) is 0 Å². The quantitative estimate of drug-likeness (QED) is 0.441. The van der Waals surface area contributed by atoms with E-state index in [4.69, 9.17) is 0 Å². The number of aliphatic hydroxyl groups is 2. The maximum atomic E-state index is 10.2. The van der Waals surface area contributed by atoms with Gasteiger partial charge in [-0.3, -0.25) is 0 Å². The molecular weight excluding hydrogens is 380 g/mol. The molecule has 4 aliphatic rings. The molecule has 0 aromatic rings. The van der Waals surface area contributed by atoms with Gasteiger partial charge in [0.05, 0.1) is 11.7 Å². The first-order valence-electron chi connectivity index (χ1n) is 13.6. The number of hydrogen-bond donors (Lipinski definition) is 2. The topological polar surface area (TPSA) is 40.5 Å². The van der Waals surface area contributed by atoms with Crippen molar-refractivity contribution in [2.45, 2.75) is 131 Å². The van der Waals surface area contributed by atoms with E-state index >= 15 is 0 Å². The highest BCUT2D eigenvalue weighted by Gasteiger charge is 2.59. The molecule has 3 fully saturated rings. The van der Waals surface area contributed by atoms with Gasteiger partial charge in [0, 0.05) is 0 Å². The van der Waals surface area contributed by atoms with Crippen molar-refractivity contribution in [2.24, 2.45) is 40.4 Å². The second kappa shape index (κ2) is 9.49. The molecule has 0 spiro atoms. The standard InChI is InChI=1S/C27H46O2.C2H6/c1-18(7-6-14-25(2,3)29)22-10-11-23-21-9-8-19-17-20(28)12-15-26(19,4)24(21)13-16-27(22,23)5;1-2/h8,18,20-24,28-29H,6-7,9-17H2,1-5H3;1-2H3/t18-,20?,21?,22-,23?,24?,26?,27?;/m1./s1. The predicted molar refractivity (Wildman–Crippen MR) is 132 cm³/mol. The molecule has 2 N–H and O–H groups in total. The van der Waals surface area contributed by atoms with Crippen LogP contribution in [-0.4, -0.2) is 21.9 Å². The molecule has 2 nitrogen and oxygen atoms in total. The minimum Gasteiger partial charge on any atom is -0.393 e. The van der Waals surface area contributed by atoms with Crippen LogP contribution in [0.25, 0.3) is 0 Å². The third kappa shape index (κ3) is 4.81. The summed E-state index contributed by atoms with van der Waals surface area (Å²) >= 11 is 0. The number of fused-ring (bicyclic) bond motifs is 5. The monoisotopic (exact) mass is 432 g/mol. The zero-order valence-electron chi connectivity index (χ0n) is 21.7. The second-order valence-electron chi connectivity index (χ2n) is 12.6. The number of rotatable bonds is 5. The van der Waals surface area contributed by atoms with Crippen molar-refractivity contribution in [3.05, 3.63) is 11.6 Å². The van der Waals surface area contributed by atoms with Gasteiger partial charge in [-0.25, -0.2) is 0 Å². The first kappa shape index (κ1) is 25.3. The lowest BCUT2D eigenvalue weighted by molar-refractivity contribution is -0.0575. The second-order valence-corrected chi connectivity index (χ2v) is 12.6. The molecule has 0 saturated heterocycles. The van der Waals surface area contributed by atoms with E-state index in [1.807, 2.05) is 27.7 Å². The molecule has 0 aromatic heterocycles. The van der Waals surface area contributed by atoms with E-state index in [9.17, 15) is 10.2 Å². The van der Waals surface area contributed by atoms with Crippen molar-refractivity contribution in [3.8, 4) is 0 Å². The summed E-state index contributed by atoms with van der Waals surface area (Å²) in [5, 5.41) is 20.3. The molecule has 6 unspecified atom stereocenters. The SMILES string of the molecule is CC.C[C@H](CCCC(C)(C)O)[C@H]1CCC2C3CC=C4CC(O)CCC4(C)C3CCC21C. The highest BCUT2D eigenvalue weighted by Crippen LogP contribution is 2.67. The molecule has 4 rings (SSSR count). The van der Waals surface area contributed by atoms with Crippen LogP contribution in [0.15, 0.2) is 11.6 Å². The average Bonchev–Trinajstić information content (AvgIpc) is 3.06. The average molecular weight is 433 g/mol. The van der Waals surface area contributed by atoms with Crippen molar-refractivity contribution in [2.75, 3.05) is 0 Å². The van der Waals surface area contributed by atoms with Crippen LogP contribution in [0.4, 0.5) is 0 Å². The zero-order chi connectivity index (χ0) is 23.0. The van der Waals surface area contributed by atoms with Gasteiger partial charge in [-0.15, -0.1) is 0 Å². The van der Waals surface area contributed by atoms with Gasteiger partial charge in [0.1, 0.15) is 0 Å². The minimum atomic E-state index is -0.519. The van der Waals surface area contributed by atoms with E-state index < -0.39 is 5.60 Å². The maximum absolute atomic E-state index is 10.2. The number of hydrogen-bond acceptors (Lipinski definition) is 2. The van der Waals surface area contributed by atoms with Crippen molar-refractivity contribution >= 4 is 0 Å². The summed E-state index contributed by atoms with van der Waals surface area (Å²) in [4.78, 5) is 0. The summed E-state index contributed by atoms with van der Waals surface area (Å²) in [5.41, 5.74) is 1.95. The van der Waals surface area contributed by atoms with E-state index in [-0.39, 0.29) is 6.10 Å². The highest BCUT2D eigenvalue weighted by atomic mass is 16.3. The largest absolute Gasteiger partial charge is 0.393 e. The van der Waals surface area contributed by atoms with E-state index in [0.29, 0.717) is 10.8 Å². The molecule has 180 valence electrons. The fourth-order valence-corrected chi connectivity index (χ4v) is 8.67. The molecule has 0 aliphatic heterocycles. The van der Waals surface area contributed by atoms with Gasteiger partial charge in [0.2, 0.25) is 0 Å². The van der Waals surface area contributed by atoms with Crippen molar-refractivity contribution in [1.82, 2.24) is 0 Å². The first-order chi connectivity index (χ1) is 14.5. The van der Waals surface area contributed by atoms with E-state index in [1.54, 1.807) is 5.57 Å². The molecule has 0 radical (unpaired) electrons. The van der Waals surface area contributed by atoms with Gasteiger partial charge in [-0.1, -0.05) is 59.1 Å². The van der Waals surface area contributed by atoms with E-state index in [2.05, 4.69) is 26.8 Å². The Balaban J connectivity index is 0.00000132. The lowest BCUT2D eigenvalue weighted by Crippen LogP contribution is -2.50. The fourth-order valence-electron chi connectivity index (χ4n) is 8.67. The molecule has 8 atom stereocenters. The summed E-state index contributed by atoms with van der Waals surface area (Å²) in [6.45, 7) is 15.6. The van der Waals surface area contributed by atoms with Crippen LogP contribution in [0, 0.1) is 40.4 Å². The summed E-state index contributed by atoms with van der Waals surface area (Å²) < 4.78 is 0. The Kier molecular flexibility index (Phi) is 7.74. The number of allylic oxidation sites excluding steroid dienone is 1. The minimum absolute atomic E-state index is 0.0969. The zero-order valence-corrected chi connectivity index (χ0v) is 21.7. The maximum Gasteiger partial charge on any atom is 0.0591 e. The van der Waals surface area contributed by atoms with Gasteiger partial charge < -0.3 is 10.2 Å². The van der Waals surface area contributed by atoms with Crippen LogP contribution in [0.1, 0.15) is 119 Å². The van der Waals surface area contributed by atoms with Gasteiger partial charge in [0.15, 0.2) is 0 Å². The lowest BCUT2D eigenvalue weighted by Gasteiger charge is -2.58. The van der Waals surface area contributed by atoms with Gasteiger partial charge in [0.25, 0.3) is 0 Å². The molecule has 4 aliphatic carbocycles. The normalized spacial score (nSPS) is 43.0. The molecular formula is C29H52O2. The molecule has 0 amide bonds. The van der Waals surface area contributed by atoms with Crippen LogP contribution in [0.3, 0.4) is 0 Å². The summed E-state index contributed by atoms with van der Waals surface area (Å²) in [6, 6.07) is 0. The fraction of sp³-hybridized carbons (Fsp3) is 0.931. The van der Waals surface area contributed by atoms with Crippen molar-refractivity contribution in [3.63, 3.8) is 0 Å². The Labute approximate surface area is 193 Å². The number of aliphatic hydroxyl groups excluding tert-OH is 1. The summed E-state index contributed by atoms with van der Waals surface area (Å²) in [6.07, 6.45) is 15.9. The van der Waals surface area contributed by atoms with Gasteiger partial charge in [-0.05, 0) is 112 Å². The molecule has 2 heteroatoms. The Morgan fingerprint density at radius 3 is 2.45 bits per heavy atom. The van der Waals surface area contributed by atoms with Crippen LogP contribution in [-0.2, 0) is 0 Å². The van der Waals surface area contributed by atoms with Crippen LogP contribution in [0.5, 0.6) is 0 Å². The highest BCUT2D eigenvalue weighted by molar-refractivity contribution is 5.25. The summed E-state index contributed by atoms with van der Waals surface area (Å²) in [5.74, 6) is 4.24. The Morgan fingerprint density at radius 2 is 1.77 bits per heavy atom. The Bertz CT molecular complexity index is 631. The Hall–Kier alpha value is -0.340. The van der Waals surface area contributed by atoms with Crippen LogP contribution < -0.4 is 0 Å². The molecule has 0 heterocycles. The Morgan fingerprint density at radius 1 is 1.06 bits per heavy atom. The third-order valence-corrected chi connectivity index (χ3v) is 10.3. The van der Waals surface area contributed by atoms with Crippen molar-refractivity contribution < 1.29 is 10.2 Å². The van der Waals surface area contributed by atoms with Gasteiger partial charge in [-0.2, -0.15) is 0 Å². The predicted octanol–water partition coefficient (Wildman–Crippen LogP) is 7.53. The summed E-state index contributed by atoms with van der Waals surface area (Å²) in [7, 11) is 0. The third-order valence-electron chi connectivity index (χ3n) is 10.3. The first-order valence-corrected chi connectivity index (χ1v) is 13.6. The van der Waals surface area contributed by atoms with Crippen molar-refractivity contribution in [1.29, 1.82) is 0 Å². The van der Waals surface area contributed by atoms with Crippen LogP contribution >= 0.6 is 0 Å². The smallest absolute Gasteiger partial charge is 0.0591 e. The van der Waals surface area contributed by atoms with E-state index in [1.165, 1.54) is 44.9 Å². The molecule has 0 aromatic carbocycles.